The van der Waals surface area contributed by atoms with E-state index in [1.807, 2.05) is 6.92 Å². The first-order valence-electron chi connectivity index (χ1n) is 10.7. The highest BCUT2D eigenvalue weighted by Gasteiger charge is 2.31. The third-order valence-electron chi connectivity index (χ3n) is 6.33. The van der Waals surface area contributed by atoms with Crippen molar-refractivity contribution in [3.8, 4) is 5.75 Å². The summed E-state index contributed by atoms with van der Waals surface area (Å²) >= 11 is 7.76. The molecule has 4 rings (SSSR count). The molecule has 1 amide bonds. The Kier molecular flexibility index (Phi) is 6.07. The van der Waals surface area contributed by atoms with Crippen molar-refractivity contribution in [2.24, 2.45) is 11.3 Å². The number of hydrogen-bond acceptors (Lipinski definition) is 5. The maximum atomic E-state index is 13.3. The van der Waals surface area contributed by atoms with Gasteiger partial charge < -0.3 is 10.1 Å². The Bertz CT molecular complexity index is 1260. The lowest BCUT2D eigenvalue weighted by atomic mass is 9.72. The number of benzene rings is 1. The van der Waals surface area contributed by atoms with E-state index in [1.54, 1.807) is 23.5 Å². The molecule has 0 saturated heterocycles. The van der Waals surface area contributed by atoms with Crippen LogP contribution in [0, 0.1) is 18.3 Å². The Labute approximate surface area is 196 Å². The average molecular weight is 474 g/mol. The highest BCUT2D eigenvalue weighted by atomic mass is 35.5. The molecule has 1 aromatic carbocycles. The number of rotatable bonds is 4. The van der Waals surface area contributed by atoms with Crippen molar-refractivity contribution < 1.29 is 9.53 Å². The van der Waals surface area contributed by atoms with E-state index in [0.717, 1.165) is 35.2 Å². The molecule has 2 heterocycles. The molecule has 2 aromatic heterocycles. The minimum Gasteiger partial charge on any atom is -0.495 e. The van der Waals surface area contributed by atoms with Crippen LogP contribution in [0.3, 0.4) is 0 Å². The van der Waals surface area contributed by atoms with E-state index in [9.17, 15) is 9.59 Å². The summed E-state index contributed by atoms with van der Waals surface area (Å²) in [7, 11) is 1.52. The van der Waals surface area contributed by atoms with Gasteiger partial charge >= 0.3 is 0 Å². The Morgan fingerprint density at radius 3 is 2.81 bits per heavy atom. The van der Waals surface area contributed by atoms with Crippen LogP contribution in [-0.2, 0) is 24.2 Å². The van der Waals surface area contributed by atoms with E-state index >= 15 is 0 Å². The lowest BCUT2D eigenvalue weighted by molar-refractivity contribution is -0.116. The number of halogens is 1. The number of ether oxygens (including phenoxy) is 1. The molecular formula is C24H28ClN3O3S. The van der Waals surface area contributed by atoms with Crippen LogP contribution in [0.15, 0.2) is 23.3 Å². The second-order valence-electron chi connectivity index (χ2n) is 9.52. The zero-order valence-corrected chi connectivity index (χ0v) is 20.6. The molecule has 1 aliphatic rings. The van der Waals surface area contributed by atoms with Crippen molar-refractivity contribution in [1.82, 2.24) is 9.55 Å². The Morgan fingerprint density at radius 1 is 1.38 bits per heavy atom. The van der Waals surface area contributed by atoms with Crippen LogP contribution in [0.5, 0.6) is 5.75 Å². The third-order valence-corrected chi connectivity index (χ3v) is 7.90. The standard InChI is InChI=1S/C24H28ClN3O3S/c1-13-8-17(18(31-5)10-16(13)25)27-20(29)11-28-12-26-22-21(23(28)30)15-7-6-14(24(2,3)4)9-19(15)32-22/h8,10,12,14H,6-7,9,11H2,1-5H3,(H,27,29). The van der Waals surface area contributed by atoms with Crippen LogP contribution in [-0.4, -0.2) is 22.6 Å². The number of nitrogens with one attached hydrogen (secondary N) is 1. The molecule has 32 heavy (non-hydrogen) atoms. The fourth-order valence-corrected chi connectivity index (χ4v) is 5.74. The van der Waals surface area contributed by atoms with Crippen LogP contribution >= 0.6 is 22.9 Å². The summed E-state index contributed by atoms with van der Waals surface area (Å²) in [4.78, 5) is 32.5. The van der Waals surface area contributed by atoms with Crippen LogP contribution in [0.1, 0.15) is 43.2 Å². The molecule has 6 nitrogen and oxygen atoms in total. The molecule has 3 aromatic rings. The fraction of sp³-hybridized carbons (Fsp3) is 0.458. The van der Waals surface area contributed by atoms with E-state index in [1.165, 1.54) is 22.9 Å². The van der Waals surface area contributed by atoms with E-state index < -0.39 is 0 Å². The molecular weight excluding hydrogens is 446 g/mol. The molecule has 0 saturated carbocycles. The van der Waals surface area contributed by atoms with Crippen LogP contribution < -0.4 is 15.6 Å². The van der Waals surface area contributed by atoms with Gasteiger partial charge in [-0.3, -0.25) is 14.2 Å². The topological polar surface area (TPSA) is 73.2 Å². The van der Waals surface area contributed by atoms with Crippen LogP contribution in [0.4, 0.5) is 5.69 Å². The lowest BCUT2D eigenvalue weighted by Gasteiger charge is -2.33. The molecule has 0 spiro atoms. The minimum atomic E-state index is -0.329. The predicted molar refractivity (Wildman–Crippen MR) is 130 cm³/mol. The van der Waals surface area contributed by atoms with E-state index in [-0.39, 0.29) is 23.4 Å². The normalized spacial score (nSPS) is 16.1. The summed E-state index contributed by atoms with van der Waals surface area (Å²) in [5, 5.41) is 4.06. The highest BCUT2D eigenvalue weighted by Crippen LogP contribution is 2.42. The van der Waals surface area contributed by atoms with Crippen molar-refractivity contribution in [2.75, 3.05) is 12.4 Å². The maximum absolute atomic E-state index is 13.3. The molecule has 1 atom stereocenters. The minimum absolute atomic E-state index is 0.123. The number of hydrogen-bond donors (Lipinski definition) is 1. The van der Waals surface area contributed by atoms with Gasteiger partial charge in [-0.1, -0.05) is 32.4 Å². The maximum Gasteiger partial charge on any atom is 0.262 e. The van der Waals surface area contributed by atoms with Crippen LogP contribution in [0.2, 0.25) is 5.02 Å². The van der Waals surface area contributed by atoms with Gasteiger partial charge in [0.05, 0.1) is 24.5 Å². The van der Waals surface area contributed by atoms with Gasteiger partial charge in [-0.15, -0.1) is 11.3 Å². The second-order valence-corrected chi connectivity index (χ2v) is 11.0. The number of aryl methyl sites for hydroxylation is 2. The summed E-state index contributed by atoms with van der Waals surface area (Å²) < 4.78 is 6.70. The number of thiophene rings is 1. The molecule has 0 aliphatic heterocycles. The predicted octanol–water partition coefficient (Wildman–Crippen LogP) is 5.22. The molecule has 0 fully saturated rings. The van der Waals surface area contributed by atoms with Gasteiger partial charge in [0.1, 0.15) is 17.1 Å². The SMILES string of the molecule is COc1cc(Cl)c(C)cc1NC(=O)Cn1cnc2sc3c(c2c1=O)CCC(C(C)(C)C)C3. The number of nitrogens with zero attached hydrogens (tertiary/aromatic N) is 2. The fourth-order valence-electron chi connectivity index (χ4n) is 4.33. The van der Waals surface area contributed by atoms with E-state index in [2.05, 4.69) is 31.1 Å². The summed E-state index contributed by atoms with van der Waals surface area (Å²) in [5.74, 6) is 0.731. The number of carbonyl (C=O) groups is 1. The molecule has 1 unspecified atom stereocenters. The summed E-state index contributed by atoms with van der Waals surface area (Å²) in [6.45, 7) is 8.55. The van der Waals surface area contributed by atoms with Gasteiger partial charge in [-0.2, -0.15) is 0 Å². The summed E-state index contributed by atoms with van der Waals surface area (Å²) in [6, 6.07) is 3.42. The second kappa shape index (κ2) is 8.52. The zero-order chi connectivity index (χ0) is 23.2. The highest BCUT2D eigenvalue weighted by molar-refractivity contribution is 7.18. The average Bonchev–Trinajstić information content (AvgIpc) is 3.10. The number of methoxy groups -OCH3 is 1. The molecule has 0 bridgehead atoms. The lowest BCUT2D eigenvalue weighted by Crippen LogP contribution is -2.29. The molecule has 8 heteroatoms. The Hall–Kier alpha value is -2.38. The zero-order valence-electron chi connectivity index (χ0n) is 19.0. The first kappa shape index (κ1) is 22.8. The first-order valence-corrected chi connectivity index (χ1v) is 11.9. The first-order chi connectivity index (χ1) is 15.1. The monoisotopic (exact) mass is 473 g/mol. The molecule has 1 N–H and O–H groups in total. The molecule has 170 valence electrons. The number of amides is 1. The van der Waals surface area contributed by atoms with Crippen LogP contribution in [0.25, 0.3) is 10.2 Å². The van der Waals surface area contributed by atoms with E-state index in [4.69, 9.17) is 16.3 Å². The summed E-state index contributed by atoms with van der Waals surface area (Å²) in [6.07, 6.45) is 4.39. The third kappa shape index (κ3) is 4.28. The number of aromatic nitrogens is 2. The van der Waals surface area contributed by atoms with Gasteiger partial charge in [0.25, 0.3) is 5.56 Å². The quantitative estimate of drug-likeness (QED) is 0.564. The van der Waals surface area contributed by atoms with E-state index in [0.29, 0.717) is 27.8 Å². The Morgan fingerprint density at radius 2 is 2.12 bits per heavy atom. The van der Waals surface area contributed by atoms with Crippen molar-refractivity contribution in [2.45, 2.75) is 53.5 Å². The number of fused-ring (bicyclic) bond motifs is 3. The van der Waals surface area contributed by atoms with Gasteiger partial charge in [-0.25, -0.2) is 4.98 Å². The number of anilines is 1. The smallest absolute Gasteiger partial charge is 0.262 e. The Balaban J connectivity index is 1.60. The van der Waals surface area contributed by atoms with Gasteiger partial charge in [0, 0.05) is 16.0 Å². The molecule has 1 aliphatic carbocycles. The van der Waals surface area contributed by atoms with Crippen molar-refractivity contribution in [3.63, 3.8) is 0 Å². The van der Waals surface area contributed by atoms with Gasteiger partial charge in [0.2, 0.25) is 5.91 Å². The largest absolute Gasteiger partial charge is 0.495 e. The molecule has 0 radical (unpaired) electrons. The van der Waals surface area contributed by atoms with Crippen molar-refractivity contribution in [1.29, 1.82) is 0 Å². The summed E-state index contributed by atoms with van der Waals surface area (Å²) in [5.41, 5.74) is 2.54. The number of carbonyl (C=O) groups excluding carboxylic acids is 1. The van der Waals surface area contributed by atoms with Crippen molar-refractivity contribution >= 4 is 44.7 Å². The van der Waals surface area contributed by atoms with Gasteiger partial charge in [-0.05, 0) is 54.7 Å². The van der Waals surface area contributed by atoms with Crippen molar-refractivity contribution in [3.05, 3.63) is 49.8 Å². The van der Waals surface area contributed by atoms with Gasteiger partial charge in [0.15, 0.2) is 0 Å².